The molecule has 0 aliphatic rings. The highest BCUT2D eigenvalue weighted by Gasteiger charge is 2.11. The molecule has 1 N–H and O–H groups in total. The zero-order valence-corrected chi connectivity index (χ0v) is 11.1. The Morgan fingerprint density at radius 3 is 2.94 bits per heavy atom. The second-order valence-corrected chi connectivity index (χ2v) is 4.04. The van der Waals surface area contributed by atoms with Gasteiger partial charge in [0.2, 0.25) is 0 Å². The molecule has 1 atom stereocenters. The van der Waals surface area contributed by atoms with Gasteiger partial charge in [-0.3, -0.25) is 14.7 Å². The average molecular weight is 245 g/mol. The van der Waals surface area contributed by atoms with E-state index in [2.05, 4.69) is 34.0 Å². The molecule has 0 aliphatic heterocycles. The standard InChI is InChI=1S/C14H19N3O/c1-4-7-14(18)16-10-11-17(3)12(2)13-8-5-6-9-15-13/h5-6,8-9,12H,10-11H2,1-3H3,(H,16,18). The predicted molar refractivity (Wildman–Crippen MR) is 71.7 cm³/mol. The summed E-state index contributed by atoms with van der Waals surface area (Å²) in [4.78, 5) is 17.6. The zero-order chi connectivity index (χ0) is 13.4. The highest BCUT2D eigenvalue weighted by Crippen LogP contribution is 2.14. The lowest BCUT2D eigenvalue weighted by Crippen LogP contribution is -2.33. The maximum Gasteiger partial charge on any atom is 0.295 e. The first-order valence-electron chi connectivity index (χ1n) is 5.97. The van der Waals surface area contributed by atoms with Crippen LogP contribution in [0.15, 0.2) is 24.4 Å². The summed E-state index contributed by atoms with van der Waals surface area (Å²) < 4.78 is 0. The van der Waals surface area contributed by atoms with Gasteiger partial charge in [0.05, 0.1) is 5.69 Å². The van der Waals surface area contributed by atoms with E-state index in [1.807, 2.05) is 25.2 Å². The highest BCUT2D eigenvalue weighted by atomic mass is 16.1. The molecule has 1 heterocycles. The third-order valence-electron chi connectivity index (χ3n) is 2.77. The summed E-state index contributed by atoms with van der Waals surface area (Å²) >= 11 is 0. The van der Waals surface area contributed by atoms with Crippen molar-refractivity contribution in [2.75, 3.05) is 20.1 Å². The number of nitrogens with one attached hydrogen (secondary N) is 1. The van der Waals surface area contributed by atoms with Gasteiger partial charge in [0.15, 0.2) is 0 Å². The van der Waals surface area contributed by atoms with Crippen LogP contribution in [0.4, 0.5) is 0 Å². The molecule has 0 aromatic carbocycles. The zero-order valence-electron chi connectivity index (χ0n) is 11.1. The van der Waals surface area contributed by atoms with Gasteiger partial charge in [-0.2, -0.15) is 0 Å². The maximum absolute atomic E-state index is 11.1. The van der Waals surface area contributed by atoms with E-state index < -0.39 is 0 Å². The number of hydrogen-bond acceptors (Lipinski definition) is 3. The van der Waals surface area contributed by atoms with Crippen LogP contribution in [0.1, 0.15) is 25.6 Å². The minimum absolute atomic E-state index is 0.223. The Labute approximate surface area is 108 Å². The molecule has 0 saturated heterocycles. The van der Waals surface area contributed by atoms with Crippen molar-refractivity contribution in [3.63, 3.8) is 0 Å². The van der Waals surface area contributed by atoms with Crippen molar-refractivity contribution in [2.24, 2.45) is 0 Å². The Morgan fingerprint density at radius 1 is 1.56 bits per heavy atom. The van der Waals surface area contributed by atoms with Crippen molar-refractivity contribution in [2.45, 2.75) is 19.9 Å². The Bertz CT molecular complexity index is 433. The molecule has 18 heavy (non-hydrogen) atoms. The van der Waals surface area contributed by atoms with Crippen molar-refractivity contribution in [1.82, 2.24) is 15.2 Å². The number of aromatic nitrogens is 1. The molecule has 4 heteroatoms. The summed E-state index contributed by atoms with van der Waals surface area (Å²) in [5, 5.41) is 2.75. The molecule has 4 nitrogen and oxygen atoms in total. The summed E-state index contributed by atoms with van der Waals surface area (Å²) in [5.74, 6) is 4.79. The van der Waals surface area contributed by atoms with Crippen LogP contribution in [0.5, 0.6) is 0 Å². The molecule has 0 bridgehead atoms. The number of hydrogen-bond donors (Lipinski definition) is 1. The lowest BCUT2D eigenvalue weighted by molar-refractivity contribution is -0.115. The molecule has 1 aromatic rings. The number of nitrogens with zero attached hydrogens (tertiary/aromatic N) is 2. The van der Waals surface area contributed by atoms with Crippen LogP contribution in [0.2, 0.25) is 0 Å². The molecule has 0 aliphatic carbocycles. The summed E-state index contributed by atoms with van der Waals surface area (Å²) in [6.07, 6.45) is 1.79. The maximum atomic E-state index is 11.1. The van der Waals surface area contributed by atoms with Crippen molar-refractivity contribution < 1.29 is 4.79 Å². The fraction of sp³-hybridized carbons (Fsp3) is 0.429. The first-order chi connectivity index (χ1) is 8.65. The molecular formula is C14H19N3O. The fourth-order valence-corrected chi connectivity index (χ4v) is 1.55. The van der Waals surface area contributed by atoms with Crippen LogP contribution in [-0.2, 0) is 4.79 Å². The summed E-state index contributed by atoms with van der Waals surface area (Å²) in [5.41, 5.74) is 1.03. The lowest BCUT2D eigenvalue weighted by Gasteiger charge is -2.23. The van der Waals surface area contributed by atoms with Gasteiger partial charge in [-0.1, -0.05) is 12.0 Å². The number of carbonyl (C=O) groups excluding carboxylic acids is 1. The van der Waals surface area contributed by atoms with Gasteiger partial charge in [0.25, 0.3) is 5.91 Å². The monoisotopic (exact) mass is 245 g/mol. The van der Waals surface area contributed by atoms with Crippen molar-refractivity contribution >= 4 is 5.91 Å². The lowest BCUT2D eigenvalue weighted by atomic mass is 10.2. The van der Waals surface area contributed by atoms with Crippen LogP contribution in [0.25, 0.3) is 0 Å². The molecule has 1 amide bonds. The first kappa shape index (κ1) is 14.2. The van der Waals surface area contributed by atoms with Crippen molar-refractivity contribution in [1.29, 1.82) is 0 Å². The van der Waals surface area contributed by atoms with Crippen molar-refractivity contribution in [3.05, 3.63) is 30.1 Å². The van der Waals surface area contributed by atoms with Gasteiger partial charge in [0, 0.05) is 25.3 Å². The van der Waals surface area contributed by atoms with E-state index in [-0.39, 0.29) is 11.9 Å². The van der Waals surface area contributed by atoms with Crippen LogP contribution in [-0.4, -0.2) is 35.9 Å². The normalized spacial score (nSPS) is 11.6. The number of pyridine rings is 1. The Hall–Kier alpha value is -1.86. The SMILES string of the molecule is CC#CC(=O)NCCN(C)C(C)c1ccccn1. The molecule has 96 valence electrons. The molecule has 0 radical (unpaired) electrons. The minimum atomic E-state index is -0.226. The van der Waals surface area contributed by atoms with Gasteiger partial charge >= 0.3 is 0 Å². The van der Waals surface area contributed by atoms with Gasteiger partial charge in [0.1, 0.15) is 0 Å². The van der Waals surface area contributed by atoms with E-state index in [0.717, 1.165) is 12.2 Å². The van der Waals surface area contributed by atoms with Gasteiger partial charge in [-0.25, -0.2) is 0 Å². The fourth-order valence-electron chi connectivity index (χ4n) is 1.55. The number of amides is 1. The Balaban J connectivity index is 2.38. The van der Waals surface area contributed by atoms with E-state index in [0.29, 0.717) is 6.54 Å². The van der Waals surface area contributed by atoms with E-state index in [4.69, 9.17) is 0 Å². The molecule has 1 rings (SSSR count). The van der Waals surface area contributed by atoms with Gasteiger partial charge in [-0.15, -0.1) is 0 Å². The van der Waals surface area contributed by atoms with E-state index >= 15 is 0 Å². The van der Waals surface area contributed by atoms with Crippen LogP contribution >= 0.6 is 0 Å². The molecule has 0 spiro atoms. The average Bonchev–Trinajstić information content (AvgIpc) is 2.39. The van der Waals surface area contributed by atoms with Crippen LogP contribution < -0.4 is 5.32 Å². The second kappa shape index (κ2) is 7.46. The summed E-state index contributed by atoms with van der Waals surface area (Å²) in [6.45, 7) is 5.08. The molecule has 1 unspecified atom stereocenters. The summed E-state index contributed by atoms with van der Waals surface area (Å²) in [7, 11) is 2.01. The number of carbonyl (C=O) groups is 1. The van der Waals surface area contributed by atoms with E-state index in [1.165, 1.54) is 0 Å². The first-order valence-corrected chi connectivity index (χ1v) is 5.97. The predicted octanol–water partition coefficient (Wildman–Crippen LogP) is 1.21. The third-order valence-corrected chi connectivity index (χ3v) is 2.77. The number of rotatable bonds is 5. The molecule has 0 saturated carbocycles. The molecule has 1 aromatic heterocycles. The van der Waals surface area contributed by atoms with E-state index in [1.54, 1.807) is 13.1 Å². The Kier molecular flexibility index (Phi) is 5.89. The topological polar surface area (TPSA) is 45.2 Å². The minimum Gasteiger partial charge on any atom is -0.344 e. The smallest absolute Gasteiger partial charge is 0.295 e. The quantitative estimate of drug-likeness (QED) is 0.793. The van der Waals surface area contributed by atoms with E-state index in [9.17, 15) is 4.79 Å². The summed E-state index contributed by atoms with van der Waals surface area (Å²) in [6, 6.07) is 6.10. The second-order valence-electron chi connectivity index (χ2n) is 4.04. The molecular weight excluding hydrogens is 226 g/mol. The molecule has 0 fully saturated rings. The van der Waals surface area contributed by atoms with Crippen LogP contribution in [0, 0.1) is 11.8 Å². The third kappa shape index (κ3) is 4.56. The van der Waals surface area contributed by atoms with Crippen LogP contribution in [0.3, 0.4) is 0 Å². The highest BCUT2D eigenvalue weighted by molar-refractivity contribution is 5.93. The van der Waals surface area contributed by atoms with Gasteiger partial charge < -0.3 is 5.32 Å². The largest absolute Gasteiger partial charge is 0.344 e. The van der Waals surface area contributed by atoms with Gasteiger partial charge in [-0.05, 0) is 38.9 Å². The Morgan fingerprint density at radius 2 is 2.33 bits per heavy atom. The van der Waals surface area contributed by atoms with Crippen molar-refractivity contribution in [3.8, 4) is 11.8 Å². The number of likely N-dealkylation sites (N-methyl/N-ethyl adjacent to an activating group) is 1.